The smallest absolute Gasteiger partial charge is 0.220 e. The first-order valence-corrected chi connectivity index (χ1v) is 8.40. The fraction of sp³-hybridized carbons (Fsp3) is 0.789. The topological polar surface area (TPSA) is 55.4 Å². The summed E-state index contributed by atoms with van der Waals surface area (Å²) in [5, 5.41) is 2.81. The average molecular weight is 323 g/mol. The summed E-state index contributed by atoms with van der Waals surface area (Å²) in [6, 6.07) is 0. The molecule has 0 aliphatic heterocycles. The normalized spacial score (nSPS) is 11.6. The van der Waals surface area contributed by atoms with E-state index in [4.69, 9.17) is 4.74 Å². The molecule has 1 N–H and O–H groups in total. The Morgan fingerprint density at radius 1 is 1.00 bits per heavy atom. The second-order valence-corrected chi connectivity index (χ2v) is 7.79. The van der Waals surface area contributed by atoms with E-state index in [1.165, 1.54) is 0 Å². The zero-order valence-electron chi connectivity index (χ0n) is 15.7. The van der Waals surface area contributed by atoms with Crippen molar-refractivity contribution in [1.82, 2.24) is 5.32 Å². The molecule has 0 aromatic carbocycles. The first-order valence-electron chi connectivity index (χ1n) is 8.40. The van der Waals surface area contributed by atoms with Gasteiger partial charge < -0.3 is 10.1 Å². The number of amides is 1. The molecule has 0 atom stereocenters. The summed E-state index contributed by atoms with van der Waals surface area (Å²) in [7, 11) is 0. The Labute approximate surface area is 141 Å². The Balaban J connectivity index is 3.57. The van der Waals surface area contributed by atoms with E-state index >= 15 is 0 Å². The van der Waals surface area contributed by atoms with E-state index in [2.05, 4.69) is 37.9 Å². The van der Waals surface area contributed by atoms with E-state index in [1.807, 2.05) is 20.8 Å². The monoisotopic (exact) mass is 323 g/mol. The van der Waals surface area contributed by atoms with Gasteiger partial charge in [0.05, 0.1) is 13.2 Å². The number of nitrogens with one attached hydrogen (secondary N) is 1. The molecule has 0 saturated carbocycles. The van der Waals surface area contributed by atoms with Gasteiger partial charge in [-0.25, -0.2) is 0 Å². The van der Waals surface area contributed by atoms with Crippen molar-refractivity contribution in [3.05, 3.63) is 0 Å². The third-order valence-corrected chi connectivity index (χ3v) is 3.05. The zero-order valence-corrected chi connectivity index (χ0v) is 15.7. The highest BCUT2D eigenvalue weighted by molar-refractivity contribution is 5.83. The third kappa shape index (κ3) is 14.0. The van der Waals surface area contributed by atoms with Gasteiger partial charge in [0.25, 0.3) is 0 Å². The number of hydrogen-bond acceptors (Lipinski definition) is 3. The largest absolute Gasteiger partial charge is 0.379 e. The summed E-state index contributed by atoms with van der Waals surface area (Å²) in [5.41, 5.74) is -0.290. The van der Waals surface area contributed by atoms with E-state index in [9.17, 15) is 9.59 Å². The Hall–Kier alpha value is -1.34. The molecule has 0 bridgehead atoms. The lowest BCUT2D eigenvalue weighted by Gasteiger charge is -2.16. The summed E-state index contributed by atoms with van der Waals surface area (Å²) in [5.74, 6) is 6.47. The van der Waals surface area contributed by atoms with Crippen molar-refractivity contribution in [3.63, 3.8) is 0 Å². The average Bonchev–Trinajstić information content (AvgIpc) is 2.39. The van der Waals surface area contributed by atoms with Crippen LogP contribution in [0.15, 0.2) is 0 Å². The van der Waals surface area contributed by atoms with Gasteiger partial charge in [-0.3, -0.25) is 9.59 Å². The van der Waals surface area contributed by atoms with Crippen molar-refractivity contribution in [2.24, 2.45) is 10.8 Å². The number of ether oxygens (including phenoxy) is 1. The number of Topliss-reactive ketones (excluding diaryl/α,β-unsaturated/α-hetero) is 1. The molecule has 0 radical (unpaired) electrons. The van der Waals surface area contributed by atoms with E-state index in [-0.39, 0.29) is 22.5 Å². The Morgan fingerprint density at radius 2 is 1.65 bits per heavy atom. The molecule has 1 amide bonds. The van der Waals surface area contributed by atoms with E-state index < -0.39 is 0 Å². The number of hydrogen-bond donors (Lipinski definition) is 1. The molecule has 0 aromatic rings. The standard InChI is InChI=1S/C19H33NO3/c1-18(2,3)12-9-7-8-10-17(22)20-13-15-23-14-11-16(21)19(4,5)6/h7-8,10-11,13-15H2,1-6H3,(H,20,22). The molecule has 132 valence electrons. The first-order chi connectivity index (χ1) is 10.5. The molecular formula is C19H33NO3. The zero-order chi connectivity index (χ0) is 17.9. The van der Waals surface area contributed by atoms with E-state index in [0.29, 0.717) is 32.6 Å². The highest BCUT2D eigenvalue weighted by Gasteiger charge is 2.20. The molecule has 0 heterocycles. The van der Waals surface area contributed by atoms with Crippen molar-refractivity contribution in [3.8, 4) is 11.8 Å². The van der Waals surface area contributed by atoms with Gasteiger partial charge in [-0.15, -0.1) is 5.92 Å². The lowest BCUT2D eigenvalue weighted by Crippen LogP contribution is -2.27. The van der Waals surface area contributed by atoms with Crippen LogP contribution in [-0.4, -0.2) is 31.4 Å². The predicted octanol–water partition coefficient (Wildman–Crippen LogP) is 3.34. The van der Waals surface area contributed by atoms with Crippen LogP contribution in [0.2, 0.25) is 0 Å². The Morgan fingerprint density at radius 3 is 2.22 bits per heavy atom. The summed E-state index contributed by atoms with van der Waals surface area (Å²) in [4.78, 5) is 23.3. The van der Waals surface area contributed by atoms with Crippen molar-refractivity contribution >= 4 is 11.7 Å². The lowest BCUT2D eigenvalue weighted by atomic mass is 9.89. The maximum absolute atomic E-state index is 11.7. The molecule has 0 unspecified atom stereocenters. The minimum Gasteiger partial charge on any atom is -0.379 e. The Kier molecular flexibility index (Phi) is 9.83. The molecule has 0 spiro atoms. The molecule has 0 aromatic heterocycles. The molecule has 4 nitrogen and oxygen atoms in total. The van der Waals surface area contributed by atoms with Crippen LogP contribution >= 0.6 is 0 Å². The van der Waals surface area contributed by atoms with Crippen LogP contribution in [0.1, 0.15) is 67.2 Å². The summed E-state index contributed by atoms with van der Waals surface area (Å²) in [6.07, 6.45) is 2.43. The molecule has 0 aliphatic rings. The van der Waals surface area contributed by atoms with Gasteiger partial charge in [-0.1, -0.05) is 26.7 Å². The van der Waals surface area contributed by atoms with Crippen LogP contribution in [0.5, 0.6) is 0 Å². The highest BCUT2D eigenvalue weighted by atomic mass is 16.5. The van der Waals surface area contributed by atoms with Gasteiger partial charge in [-0.2, -0.15) is 0 Å². The Bertz CT molecular complexity index is 430. The van der Waals surface area contributed by atoms with Crippen LogP contribution in [0.3, 0.4) is 0 Å². The summed E-state index contributed by atoms with van der Waals surface area (Å²) < 4.78 is 5.37. The summed E-state index contributed by atoms with van der Waals surface area (Å²) >= 11 is 0. The fourth-order valence-electron chi connectivity index (χ4n) is 1.66. The minimum absolute atomic E-state index is 0.0218. The third-order valence-electron chi connectivity index (χ3n) is 3.05. The maximum atomic E-state index is 11.7. The van der Waals surface area contributed by atoms with Crippen molar-refractivity contribution < 1.29 is 14.3 Å². The fourth-order valence-corrected chi connectivity index (χ4v) is 1.66. The number of rotatable bonds is 9. The molecule has 0 rings (SSSR count). The molecule has 0 aliphatic carbocycles. The van der Waals surface area contributed by atoms with Gasteiger partial charge in [0.15, 0.2) is 0 Å². The van der Waals surface area contributed by atoms with Gasteiger partial charge in [-0.05, 0) is 27.2 Å². The highest BCUT2D eigenvalue weighted by Crippen LogP contribution is 2.16. The van der Waals surface area contributed by atoms with E-state index in [1.54, 1.807) is 0 Å². The molecule has 4 heteroatoms. The molecule has 0 saturated heterocycles. The second kappa shape index (κ2) is 10.4. The SMILES string of the molecule is CC(C)(C)C#CCCCC(=O)NCCOCCC(=O)C(C)(C)C. The molecule has 23 heavy (non-hydrogen) atoms. The van der Waals surface area contributed by atoms with Crippen LogP contribution in [0.25, 0.3) is 0 Å². The molecule has 0 fully saturated rings. The van der Waals surface area contributed by atoms with E-state index in [0.717, 1.165) is 12.8 Å². The van der Waals surface area contributed by atoms with Gasteiger partial charge >= 0.3 is 0 Å². The number of unbranched alkanes of at least 4 members (excludes halogenated alkanes) is 1. The summed E-state index contributed by atoms with van der Waals surface area (Å²) in [6.45, 7) is 13.3. The predicted molar refractivity (Wildman–Crippen MR) is 94.0 cm³/mol. The second-order valence-electron chi connectivity index (χ2n) is 7.79. The van der Waals surface area contributed by atoms with Gasteiger partial charge in [0.1, 0.15) is 5.78 Å². The van der Waals surface area contributed by atoms with Crippen LogP contribution in [-0.2, 0) is 14.3 Å². The number of carbonyl (C=O) groups excluding carboxylic acids is 2. The van der Waals surface area contributed by atoms with Crippen molar-refractivity contribution in [2.45, 2.75) is 67.2 Å². The van der Waals surface area contributed by atoms with Gasteiger partial charge in [0.2, 0.25) is 5.91 Å². The minimum atomic E-state index is -0.312. The van der Waals surface area contributed by atoms with Gasteiger partial charge in [0, 0.05) is 36.6 Å². The molecular weight excluding hydrogens is 290 g/mol. The first kappa shape index (κ1) is 21.7. The van der Waals surface area contributed by atoms with Crippen LogP contribution in [0, 0.1) is 22.7 Å². The number of ketones is 1. The quantitative estimate of drug-likeness (QED) is 0.523. The van der Waals surface area contributed by atoms with Crippen molar-refractivity contribution in [2.75, 3.05) is 19.8 Å². The number of carbonyl (C=O) groups is 2. The lowest BCUT2D eigenvalue weighted by molar-refractivity contribution is -0.127. The van der Waals surface area contributed by atoms with Crippen molar-refractivity contribution in [1.29, 1.82) is 0 Å². The maximum Gasteiger partial charge on any atom is 0.220 e. The van der Waals surface area contributed by atoms with Crippen LogP contribution in [0.4, 0.5) is 0 Å². The van der Waals surface area contributed by atoms with Crippen LogP contribution < -0.4 is 5.32 Å².